The number of thioether (sulfide) groups is 1. The number of rotatable bonds is 4. The van der Waals surface area contributed by atoms with Crippen LogP contribution < -0.4 is 5.32 Å². The molecular formula is C16H28N2S. The molecule has 4 aliphatic carbocycles. The number of nitrogens with zero attached hydrogens (tertiary/aromatic N) is 1. The van der Waals surface area contributed by atoms with Crippen LogP contribution in [0.3, 0.4) is 0 Å². The topological polar surface area (TPSA) is 15.3 Å². The molecule has 5 aliphatic rings. The Hall–Kier alpha value is 0.270. The summed E-state index contributed by atoms with van der Waals surface area (Å²) < 4.78 is 0. The summed E-state index contributed by atoms with van der Waals surface area (Å²) in [6.07, 6.45) is 7.76. The average Bonchev–Trinajstić information content (AvgIpc) is 2.42. The zero-order chi connectivity index (χ0) is 12.7. The average molecular weight is 280 g/mol. The second-order valence-electron chi connectivity index (χ2n) is 7.36. The zero-order valence-corrected chi connectivity index (χ0v) is 12.8. The standard InChI is InChI=1S/C16H28N2S/c1(2-18-3-5-19-6-4-18)17-16-14-8-12-7-13(10-14)11-15(16)9-12/h12-17H,1-11H2. The Morgan fingerprint density at radius 3 is 2.16 bits per heavy atom. The van der Waals surface area contributed by atoms with Crippen LogP contribution in [0.5, 0.6) is 0 Å². The van der Waals surface area contributed by atoms with Gasteiger partial charge in [0.1, 0.15) is 0 Å². The van der Waals surface area contributed by atoms with Gasteiger partial charge in [0.2, 0.25) is 0 Å². The van der Waals surface area contributed by atoms with Crippen molar-refractivity contribution in [3.05, 3.63) is 0 Å². The molecule has 0 aromatic heterocycles. The highest BCUT2D eigenvalue weighted by Gasteiger charge is 2.47. The predicted molar refractivity (Wildman–Crippen MR) is 82.6 cm³/mol. The molecule has 0 unspecified atom stereocenters. The van der Waals surface area contributed by atoms with E-state index in [2.05, 4.69) is 22.0 Å². The largest absolute Gasteiger partial charge is 0.312 e. The summed E-state index contributed by atoms with van der Waals surface area (Å²) in [5, 5.41) is 3.96. The van der Waals surface area contributed by atoms with Crippen molar-refractivity contribution in [3.8, 4) is 0 Å². The van der Waals surface area contributed by atoms with Gasteiger partial charge >= 0.3 is 0 Å². The first kappa shape index (κ1) is 13.0. The molecule has 0 aromatic rings. The molecule has 0 atom stereocenters. The summed E-state index contributed by atoms with van der Waals surface area (Å²) in [5.74, 6) is 6.98. The van der Waals surface area contributed by atoms with Crippen molar-refractivity contribution >= 4 is 11.8 Å². The first-order valence-corrected chi connectivity index (χ1v) is 9.57. The molecule has 1 N–H and O–H groups in total. The van der Waals surface area contributed by atoms with Crippen LogP contribution >= 0.6 is 11.8 Å². The monoisotopic (exact) mass is 280 g/mol. The Bertz CT molecular complexity index is 286. The molecule has 3 heteroatoms. The van der Waals surface area contributed by atoms with Gasteiger partial charge in [-0.3, -0.25) is 0 Å². The molecule has 5 rings (SSSR count). The van der Waals surface area contributed by atoms with Gasteiger partial charge in [0, 0.05) is 43.7 Å². The third-order valence-electron chi connectivity index (χ3n) is 6.14. The van der Waals surface area contributed by atoms with Gasteiger partial charge in [-0.25, -0.2) is 0 Å². The molecule has 4 saturated carbocycles. The van der Waals surface area contributed by atoms with Crippen molar-refractivity contribution in [2.45, 2.75) is 38.1 Å². The summed E-state index contributed by atoms with van der Waals surface area (Å²) >= 11 is 2.12. The summed E-state index contributed by atoms with van der Waals surface area (Å²) in [6.45, 7) is 5.14. The van der Waals surface area contributed by atoms with E-state index < -0.39 is 0 Å². The highest BCUT2D eigenvalue weighted by molar-refractivity contribution is 7.99. The van der Waals surface area contributed by atoms with Crippen molar-refractivity contribution in [2.24, 2.45) is 23.7 Å². The van der Waals surface area contributed by atoms with E-state index in [0.717, 1.165) is 29.7 Å². The molecule has 1 aliphatic heterocycles. The molecule has 4 bridgehead atoms. The lowest BCUT2D eigenvalue weighted by atomic mass is 9.54. The van der Waals surface area contributed by atoms with E-state index in [1.54, 1.807) is 32.1 Å². The molecule has 0 radical (unpaired) electrons. The molecule has 108 valence electrons. The van der Waals surface area contributed by atoms with E-state index in [1.807, 2.05) is 0 Å². The lowest BCUT2D eigenvalue weighted by molar-refractivity contribution is -0.0140. The van der Waals surface area contributed by atoms with Crippen molar-refractivity contribution in [1.29, 1.82) is 0 Å². The van der Waals surface area contributed by atoms with Crippen molar-refractivity contribution in [1.82, 2.24) is 10.2 Å². The molecule has 1 saturated heterocycles. The van der Waals surface area contributed by atoms with Crippen LogP contribution in [-0.4, -0.2) is 48.6 Å². The van der Waals surface area contributed by atoms with Gasteiger partial charge in [0.25, 0.3) is 0 Å². The van der Waals surface area contributed by atoms with Gasteiger partial charge in [-0.05, 0) is 55.8 Å². The van der Waals surface area contributed by atoms with Crippen LogP contribution in [0.2, 0.25) is 0 Å². The molecular weight excluding hydrogens is 252 g/mol. The van der Waals surface area contributed by atoms with E-state index in [1.165, 1.54) is 37.7 Å². The van der Waals surface area contributed by atoms with Gasteiger partial charge in [-0.15, -0.1) is 0 Å². The Kier molecular flexibility index (Phi) is 3.80. The Labute approximate surface area is 122 Å². The number of hydrogen-bond acceptors (Lipinski definition) is 3. The van der Waals surface area contributed by atoms with E-state index in [9.17, 15) is 0 Å². The lowest BCUT2D eigenvalue weighted by Crippen LogP contribution is -2.55. The van der Waals surface area contributed by atoms with E-state index in [0.29, 0.717) is 0 Å². The molecule has 5 fully saturated rings. The van der Waals surface area contributed by atoms with Gasteiger partial charge < -0.3 is 10.2 Å². The molecule has 0 amide bonds. The van der Waals surface area contributed by atoms with Gasteiger partial charge in [-0.1, -0.05) is 0 Å². The summed E-state index contributed by atoms with van der Waals surface area (Å²) in [7, 11) is 0. The van der Waals surface area contributed by atoms with Gasteiger partial charge in [-0.2, -0.15) is 11.8 Å². The fourth-order valence-electron chi connectivity index (χ4n) is 5.47. The first-order valence-electron chi connectivity index (χ1n) is 8.42. The Balaban J connectivity index is 1.26. The molecule has 2 nitrogen and oxygen atoms in total. The van der Waals surface area contributed by atoms with Crippen molar-refractivity contribution in [2.75, 3.05) is 37.7 Å². The Morgan fingerprint density at radius 2 is 1.53 bits per heavy atom. The smallest absolute Gasteiger partial charge is 0.0124 e. The molecule has 0 aromatic carbocycles. The Morgan fingerprint density at radius 1 is 0.895 bits per heavy atom. The maximum absolute atomic E-state index is 3.96. The fourth-order valence-corrected chi connectivity index (χ4v) is 6.45. The highest BCUT2D eigenvalue weighted by atomic mass is 32.2. The predicted octanol–water partition coefficient (Wildman–Crippen LogP) is 2.45. The maximum atomic E-state index is 3.96. The molecule has 1 heterocycles. The van der Waals surface area contributed by atoms with E-state index in [4.69, 9.17) is 0 Å². The highest BCUT2D eigenvalue weighted by Crippen LogP contribution is 2.53. The van der Waals surface area contributed by atoms with E-state index in [-0.39, 0.29) is 0 Å². The second kappa shape index (κ2) is 5.57. The zero-order valence-electron chi connectivity index (χ0n) is 12.0. The van der Waals surface area contributed by atoms with Gasteiger partial charge in [0.15, 0.2) is 0 Å². The second-order valence-corrected chi connectivity index (χ2v) is 8.59. The normalized spacial score (nSPS) is 45.8. The number of hydrogen-bond donors (Lipinski definition) is 1. The van der Waals surface area contributed by atoms with Crippen molar-refractivity contribution < 1.29 is 0 Å². The lowest BCUT2D eigenvalue weighted by Gasteiger charge is -2.54. The molecule has 0 spiro atoms. The van der Waals surface area contributed by atoms with Crippen LogP contribution in [0.1, 0.15) is 32.1 Å². The van der Waals surface area contributed by atoms with Crippen LogP contribution in [0, 0.1) is 23.7 Å². The fraction of sp³-hybridized carbons (Fsp3) is 1.00. The number of nitrogens with one attached hydrogen (secondary N) is 1. The minimum atomic E-state index is 0.881. The third-order valence-corrected chi connectivity index (χ3v) is 7.08. The minimum Gasteiger partial charge on any atom is -0.312 e. The van der Waals surface area contributed by atoms with Crippen LogP contribution in [0.25, 0.3) is 0 Å². The summed E-state index contributed by atoms with van der Waals surface area (Å²) in [5.41, 5.74) is 0. The van der Waals surface area contributed by atoms with Gasteiger partial charge in [0.05, 0.1) is 0 Å². The SMILES string of the molecule is C(CN1CCSCC1)NC1C2CC3CC(C2)CC1C3. The quantitative estimate of drug-likeness (QED) is 0.851. The molecule has 19 heavy (non-hydrogen) atoms. The summed E-state index contributed by atoms with van der Waals surface area (Å²) in [6, 6.07) is 0.881. The van der Waals surface area contributed by atoms with E-state index >= 15 is 0 Å². The van der Waals surface area contributed by atoms with Crippen LogP contribution in [-0.2, 0) is 0 Å². The maximum Gasteiger partial charge on any atom is 0.0124 e. The third kappa shape index (κ3) is 2.71. The summed E-state index contributed by atoms with van der Waals surface area (Å²) in [4.78, 5) is 2.65. The van der Waals surface area contributed by atoms with Crippen LogP contribution in [0.4, 0.5) is 0 Å². The first-order chi connectivity index (χ1) is 9.38. The van der Waals surface area contributed by atoms with Crippen LogP contribution in [0.15, 0.2) is 0 Å². The van der Waals surface area contributed by atoms with Crippen molar-refractivity contribution in [3.63, 3.8) is 0 Å². The minimum absolute atomic E-state index is 0.881.